The molecule has 1 N–H and O–H groups in total. The number of thiazole rings is 1. The molecule has 1 heterocycles. The zero-order valence-corrected chi connectivity index (χ0v) is 21.9. The number of alkyl halides is 3. The second kappa shape index (κ2) is 11.2. The first-order valence-corrected chi connectivity index (χ1v) is 12.7. The van der Waals surface area contributed by atoms with E-state index in [0.29, 0.717) is 16.9 Å². The van der Waals surface area contributed by atoms with Crippen LogP contribution >= 0.6 is 11.3 Å². The SMILES string of the molecule is Cc1sc(=NC(=O)c2cccc(C(F)(F)F)c2)n(Cc2ccc(C(=O)N[C@@H](C)c3ccccc3)cc2)c1C. The average molecular weight is 538 g/mol. The molecule has 2 amide bonds. The van der Waals surface area contributed by atoms with Crippen molar-refractivity contribution in [2.24, 2.45) is 4.99 Å². The maximum Gasteiger partial charge on any atom is 0.416 e. The van der Waals surface area contributed by atoms with Gasteiger partial charge in [-0.3, -0.25) is 9.59 Å². The van der Waals surface area contributed by atoms with Crippen molar-refractivity contribution < 1.29 is 22.8 Å². The Bertz CT molecular complexity index is 1520. The van der Waals surface area contributed by atoms with E-state index in [-0.39, 0.29) is 17.5 Å². The quantitative estimate of drug-likeness (QED) is 0.307. The summed E-state index contributed by atoms with van der Waals surface area (Å²) >= 11 is 1.29. The Morgan fingerprint density at radius 2 is 1.63 bits per heavy atom. The van der Waals surface area contributed by atoms with Gasteiger partial charge in [-0.15, -0.1) is 11.3 Å². The summed E-state index contributed by atoms with van der Waals surface area (Å²) in [4.78, 5) is 30.9. The van der Waals surface area contributed by atoms with Crippen molar-refractivity contribution in [1.82, 2.24) is 9.88 Å². The van der Waals surface area contributed by atoms with Crippen LogP contribution in [0.4, 0.5) is 13.2 Å². The molecule has 0 aliphatic rings. The number of hydrogen-bond donors (Lipinski definition) is 1. The van der Waals surface area contributed by atoms with E-state index in [1.54, 1.807) is 12.1 Å². The normalized spacial score (nSPS) is 12.8. The molecule has 0 aliphatic heterocycles. The summed E-state index contributed by atoms with van der Waals surface area (Å²) in [6, 6.07) is 20.9. The van der Waals surface area contributed by atoms with Crippen LogP contribution < -0.4 is 10.1 Å². The van der Waals surface area contributed by atoms with Gasteiger partial charge in [0.2, 0.25) is 0 Å². The summed E-state index contributed by atoms with van der Waals surface area (Å²) in [5.74, 6) is -0.934. The summed E-state index contributed by atoms with van der Waals surface area (Å²) in [6.45, 7) is 6.09. The smallest absolute Gasteiger partial charge is 0.346 e. The van der Waals surface area contributed by atoms with Crippen LogP contribution in [0.25, 0.3) is 0 Å². The van der Waals surface area contributed by atoms with E-state index in [0.717, 1.165) is 33.8 Å². The van der Waals surface area contributed by atoms with Crippen molar-refractivity contribution in [3.05, 3.63) is 122 Å². The molecule has 4 rings (SSSR count). The van der Waals surface area contributed by atoms with Crippen LogP contribution in [0.1, 0.15) is 60.9 Å². The number of amides is 2. The number of halogens is 3. The fourth-order valence-electron chi connectivity index (χ4n) is 3.90. The van der Waals surface area contributed by atoms with Crippen molar-refractivity contribution in [2.45, 2.75) is 39.5 Å². The van der Waals surface area contributed by atoms with Crippen LogP contribution in [0.2, 0.25) is 0 Å². The lowest BCUT2D eigenvalue weighted by molar-refractivity contribution is -0.137. The van der Waals surface area contributed by atoms with Crippen molar-refractivity contribution in [1.29, 1.82) is 0 Å². The Balaban J connectivity index is 1.53. The number of benzene rings is 3. The molecule has 5 nitrogen and oxygen atoms in total. The molecule has 196 valence electrons. The van der Waals surface area contributed by atoms with Gasteiger partial charge in [0, 0.05) is 21.7 Å². The monoisotopic (exact) mass is 537 g/mol. The molecule has 1 aromatic heterocycles. The summed E-state index contributed by atoms with van der Waals surface area (Å²) in [5, 5.41) is 2.99. The van der Waals surface area contributed by atoms with Crippen molar-refractivity contribution in [2.75, 3.05) is 0 Å². The predicted octanol–water partition coefficient (Wildman–Crippen LogP) is 6.47. The lowest BCUT2D eigenvalue weighted by Gasteiger charge is -2.14. The standard InChI is InChI=1S/C29H26F3N3O2S/c1-18(22-8-5-4-6-9-22)33-26(36)23-14-12-21(13-15-23)17-35-19(2)20(3)38-28(35)34-27(37)24-10-7-11-25(16-24)29(30,31)32/h4-16,18H,17H2,1-3H3,(H,33,36)/t18-/m0/s1. The molecular weight excluding hydrogens is 511 g/mol. The van der Waals surface area contributed by atoms with Gasteiger partial charge < -0.3 is 9.88 Å². The highest BCUT2D eigenvalue weighted by Gasteiger charge is 2.30. The molecule has 0 radical (unpaired) electrons. The third-order valence-corrected chi connectivity index (χ3v) is 7.32. The number of nitrogens with zero attached hydrogens (tertiary/aromatic N) is 2. The number of carbonyl (C=O) groups is 2. The Kier molecular flexibility index (Phi) is 7.97. The highest BCUT2D eigenvalue weighted by atomic mass is 32.1. The van der Waals surface area contributed by atoms with Gasteiger partial charge in [-0.05, 0) is 62.2 Å². The fourth-order valence-corrected chi connectivity index (χ4v) is 4.87. The van der Waals surface area contributed by atoms with Gasteiger partial charge in [-0.1, -0.05) is 48.5 Å². The number of aryl methyl sites for hydroxylation is 1. The second-order valence-corrected chi connectivity index (χ2v) is 10.1. The Labute approximate surface area is 222 Å². The zero-order valence-electron chi connectivity index (χ0n) is 21.0. The lowest BCUT2D eigenvalue weighted by Crippen LogP contribution is -2.26. The van der Waals surface area contributed by atoms with E-state index in [2.05, 4.69) is 10.3 Å². The van der Waals surface area contributed by atoms with Crippen molar-refractivity contribution in [3.63, 3.8) is 0 Å². The summed E-state index contributed by atoms with van der Waals surface area (Å²) in [5.41, 5.74) is 2.27. The number of hydrogen-bond acceptors (Lipinski definition) is 3. The van der Waals surface area contributed by atoms with Gasteiger partial charge in [0.25, 0.3) is 11.8 Å². The number of rotatable bonds is 6. The Morgan fingerprint density at radius 1 is 0.947 bits per heavy atom. The minimum atomic E-state index is -4.55. The molecule has 0 unspecified atom stereocenters. The molecule has 0 saturated carbocycles. The van der Waals surface area contributed by atoms with Crippen LogP contribution in [-0.4, -0.2) is 16.4 Å². The van der Waals surface area contributed by atoms with Gasteiger partial charge in [-0.2, -0.15) is 18.2 Å². The summed E-state index contributed by atoms with van der Waals surface area (Å²) in [7, 11) is 0. The lowest BCUT2D eigenvalue weighted by atomic mass is 10.1. The molecule has 3 aromatic carbocycles. The highest BCUT2D eigenvalue weighted by molar-refractivity contribution is 7.09. The zero-order chi connectivity index (χ0) is 27.4. The second-order valence-electron chi connectivity index (χ2n) is 8.91. The molecule has 38 heavy (non-hydrogen) atoms. The molecule has 0 saturated heterocycles. The summed E-state index contributed by atoms with van der Waals surface area (Å²) < 4.78 is 41.1. The summed E-state index contributed by atoms with van der Waals surface area (Å²) in [6.07, 6.45) is -4.55. The minimum Gasteiger partial charge on any atom is -0.346 e. The minimum absolute atomic E-state index is 0.129. The van der Waals surface area contributed by atoms with Gasteiger partial charge in [0.1, 0.15) is 0 Å². The van der Waals surface area contributed by atoms with Gasteiger partial charge in [-0.25, -0.2) is 0 Å². The van der Waals surface area contributed by atoms with E-state index in [4.69, 9.17) is 0 Å². The van der Waals surface area contributed by atoms with Crippen LogP contribution in [0.3, 0.4) is 0 Å². The molecule has 0 aliphatic carbocycles. The predicted molar refractivity (Wildman–Crippen MR) is 141 cm³/mol. The topological polar surface area (TPSA) is 63.5 Å². The van der Waals surface area contributed by atoms with Crippen molar-refractivity contribution >= 4 is 23.2 Å². The molecule has 1 atom stereocenters. The maximum absolute atomic E-state index is 13.1. The van der Waals surface area contributed by atoms with Gasteiger partial charge >= 0.3 is 6.18 Å². The highest BCUT2D eigenvalue weighted by Crippen LogP contribution is 2.29. The Hall–Kier alpha value is -3.98. The van der Waals surface area contributed by atoms with Crippen LogP contribution in [0, 0.1) is 13.8 Å². The molecule has 4 aromatic rings. The van der Waals surface area contributed by atoms with E-state index in [1.807, 2.05) is 67.8 Å². The first-order chi connectivity index (χ1) is 18.0. The van der Waals surface area contributed by atoms with Crippen LogP contribution in [-0.2, 0) is 12.7 Å². The van der Waals surface area contributed by atoms with Gasteiger partial charge in [0.05, 0.1) is 18.2 Å². The van der Waals surface area contributed by atoms with E-state index in [1.165, 1.54) is 23.5 Å². The maximum atomic E-state index is 13.1. The average Bonchev–Trinajstić information content (AvgIpc) is 3.16. The van der Waals surface area contributed by atoms with Crippen LogP contribution in [0.5, 0.6) is 0 Å². The first-order valence-electron chi connectivity index (χ1n) is 11.9. The third-order valence-electron chi connectivity index (χ3n) is 6.23. The Morgan fingerprint density at radius 3 is 2.29 bits per heavy atom. The number of carbonyl (C=O) groups excluding carboxylic acids is 2. The number of aromatic nitrogens is 1. The molecule has 9 heteroatoms. The van der Waals surface area contributed by atoms with Gasteiger partial charge in [0.15, 0.2) is 4.80 Å². The molecular formula is C29H26F3N3O2S. The van der Waals surface area contributed by atoms with Crippen molar-refractivity contribution in [3.8, 4) is 0 Å². The van der Waals surface area contributed by atoms with E-state index >= 15 is 0 Å². The van der Waals surface area contributed by atoms with E-state index in [9.17, 15) is 22.8 Å². The first kappa shape index (κ1) is 27.1. The molecule has 0 bridgehead atoms. The largest absolute Gasteiger partial charge is 0.416 e. The van der Waals surface area contributed by atoms with E-state index < -0.39 is 17.6 Å². The van der Waals surface area contributed by atoms with Crippen LogP contribution in [0.15, 0.2) is 83.9 Å². The molecule has 0 spiro atoms. The number of nitrogens with one attached hydrogen (secondary N) is 1. The fraction of sp³-hybridized carbons (Fsp3) is 0.207. The third kappa shape index (κ3) is 6.28. The molecule has 0 fully saturated rings.